The van der Waals surface area contributed by atoms with Gasteiger partial charge in [-0.3, -0.25) is 44.0 Å². The quantitative estimate of drug-likeness (QED) is 0.00891. The minimum Gasteiger partial charge on any atom is -0.424 e. The van der Waals surface area contributed by atoms with E-state index in [1.807, 2.05) is 152 Å². The summed E-state index contributed by atoms with van der Waals surface area (Å²) < 4.78 is 181. The Morgan fingerprint density at radius 3 is 0.740 bits per heavy atom. The monoisotopic (exact) mass is 2080 g/mol. The third-order valence-corrected chi connectivity index (χ3v) is 24.8. The molecule has 0 saturated carbocycles. The van der Waals surface area contributed by atoms with Crippen LogP contribution in [0.1, 0.15) is 116 Å². The van der Waals surface area contributed by atoms with Gasteiger partial charge in [0.25, 0.3) is 16.0 Å². The highest BCUT2D eigenvalue weighted by Gasteiger charge is 2.23. The molecule has 12 rings (SSSR count). The zero-order chi connectivity index (χ0) is 109. The van der Waals surface area contributed by atoms with Crippen molar-refractivity contribution in [2.75, 3.05) is 85.0 Å². The number of amides is 2. The van der Waals surface area contributed by atoms with Crippen molar-refractivity contribution < 1.29 is 84.2 Å². The molecule has 6 aromatic heterocycles. The molecular formula is C106H123BF6N16O13S4. The highest BCUT2D eigenvalue weighted by atomic mass is 32.2. The number of anilines is 6. The second-order valence-electron chi connectivity index (χ2n) is 34.9. The molecule has 0 unspecified atom stereocenters. The molecule has 774 valence electrons. The van der Waals surface area contributed by atoms with Crippen molar-refractivity contribution in [2.24, 2.45) is 10.9 Å². The molecule has 146 heavy (non-hydrogen) atoms. The van der Waals surface area contributed by atoms with E-state index in [9.17, 15) is 69.6 Å². The second-order valence-corrected chi connectivity index (χ2v) is 41.2. The van der Waals surface area contributed by atoms with Crippen LogP contribution in [0.5, 0.6) is 0 Å². The van der Waals surface area contributed by atoms with E-state index >= 15 is 0 Å². The first-order valence-corrected chi connectivity index (χ1v) is 52.1. The highest BCUT2D eigenvalue weighted by Crippen LogP contribution is 2.38. The van der Waals surface area contributed by atoms with Gasteiger partial charge < -0.3 is 45.2 Å². The highest BCUT2D eigenvalue weighted by molar-refractivity contribution is 7.92. The zero-order valence-corrected chi connectivity index (χ0v) is 87.9. The van der Waals surface area contributed by atoms with Gasteiger partial charge in [-0.05, 0) is 336 Å². The summed E-state index contributed by atoms with van der Waals surface area (Å²) in [5.74, 6) is -1.82. The van der Waals surface area contributed by atoms with E-state index in [4.69, 9.17) is 25.5 Å². The van der Waals surface area contributed by atoms with Crippen molar-refractivity contribution in [3.05, 3.63) is 322 Å². The van der Waals surface area contributed by atoms with Crippen LogP contribution in [0.4, 0.5) is 60.5 Å². The molecule has 29 nitrogen and oxygen atoms in total. The van der Waals surface area contributed by atoms with E-state index in [2.05, 4.69) is 72.1 Å². The lowest BCUT2D eigenvalue weighted by Crippen LogP contribution is -2.27. The van der Waals surface area contributed by atoms with Crippen LogP contribution in [-0.4, -0.2) is 189 Å². The van der Waals surface area contributed by atoms with Crippen LogP contribution in [0.15, 0.2) is 254 Å². The van der Waals surface area contributed by atoms with Crippen LogP contribution in [0, 0.1) is 34.9 Å². The summed E-state index contributed by atoms with van der Waals surface area (Å²) in [6.07, 6.45) is 21.7. The summed E-state index contributed by atoms with van der Waals surface area (Å²) in [5, 5.41) is 25.6. The first-order chi connectivity index (χ1) is 68.4. The number of nitrogens with two attached hydrogens (primary N) is 2. The SMILES string of the molecule is CC(C)N(C)c1cc(/C=C/B(O)O)cnc1-c1ccc(F)cc1.CC(C)N(C)c1cc(/C=C/C(=O)NS(C)(=O)=O)cnc1-c1ccc(F)cc1.CC(C)N(C)c1cc(/C=C/C(N)=O)cnc1-c1ccc(F)cc1.CC(C)N(C)c1cc(/C=C/S(=O)(=O)O)cnc1-c1ccc(F)cc1.CC(C)N(C)c1cc(/C=C/S(N)(=O)=O)cnc1-c1ccc(F)cc1.CNS(=O)(=O)/C=C/c1cnc(-c2ccc(F)cc2)c(N(C)C(C)C)c1. The number of nitrogens with one attached hydrogen (secondary N) is 2. The Morgan fingerprint density at radius 2 is 0.548 bits per heavy atom. The molecule has 0 bridgehead atoms. The number of carbonyl (C=O) groups is 2. The van der Waals surface area contributed by atoms with E-state index in [-0.39, 0.29) is 71.2 Å². The van der Waals surface area contributed by atoms with Crippen LogP contribution >= 0.6 is 0 Å². The molecule has 9 N–H and O–H groups in total. The summed E-state index contributed by atoms with van der Waals surface area (Å²) >= 11 is 0. The number of primary sulfonamides is 1. The number of rotatable bonds is 32. The van der Waals surface area contributed by atoms with Crippen molar-refractivity contribution in [3.8, 4) is 67.5 Å². The van der Waals surface area contributed by atoms with Gasteiger partial charge >= 0.3 is 7.12 Å². The summed E-state index contributed by atoms with van der Waals surface area (Å²) in [7, 11) is -3.52. The average Bonchev–Trinajstić information content (AvgIpc) is 0.821. The van der Waals surface area contributed by atoms with E-state index < -0.39 is 59.1 Å². The molecule has 2 amide bonds. The van der Waals surface area contributed by atoms with Gasteiger partial charge in [-0.2, -0.15) is 8.42 Å². The number of nitrogens with zero attached hydrogens (tertiary/aromatic N) is 12. The Hall–Kier alpha value is -14.4. The van der Waals surface area contributed by atoms with Crippen molar-refractivity contribution in [1.29, 1.82) is 0 Å². The Labute approximate surface area is 852 Å². The van der Waals surface area contributed by atoms with Gasteiger partial charge in [0.15, 0.2) is 0 Å². The Kier molecular flexibility index (Phi) is 44.3. The van der Waals surface area contributed by atoms with Crippen LogP contribution in [-0.2, 0) is 49.8 Å². The number of primary amides is 1. The number of hydrogen-bond donors (Lipinski definition) is 7. The predicted molar refractivity (Wildman–Crippen MR) is 578 cm³/mol. The van der Waals surface area contributed by atoms with Gasteiger partial charge in [0.1, 0.15) is 34.9 Å². The summed E-state index contributed by atoms with van der Waals surface area (Å²) in [5.41, 5.74) is 23.1. The normalized spacial score (nSPS) is 11.8. The molecule has 40 heteroatoms. The summed E-state index contributed by atoms with van der Waals surface area (Å²) in [4.78, 5) is 61.5. The number of sulfonamides is 3. The Morgan fingerprint density at radius 1 is 0.342 bits per heavy atom. The maximum Gasteiger partial charge on any atom is 0.480 e. The number of hydrogen-bond acceptors (Lipinski definition) is 24. The number of benzene rings is 6. The molecule has 0 fully saturated rings. The lowest BCUT2D eigenvalue weighted by molar-refractivity contribution is -0.115. The molecule has 0 aliphatic carbocycles. The number of halogens is 6. The van der Waals surface area contributed by atoms with Gasteiger partial charge in [0.05, 0.1) is 80.0 Å². The minimum absolute atomic E-state index is 0.173. The van der Waals surface area contributed by atoms with E-state index in [0.29, 0.717) is 50.4 Å². The molecule has 6 aromatic carbocycles. The van der Waals surface area contributed by atoms with Gasteiger partial charge in [0.2, 0.25) is 36.0 Å². The van der Waals surface area contributed by atoms with E-state index in [0.717, 1.165) is 113 Å². The largest absolute Gasteiger partial charge is 0.480 e. The molecule has 0 aliphatic heterocycles. The van der Waals surface area contributed by atoms with E-state index in [1.54, 1.807) is 122 Å². The second kappa shape index (κ2) is 54.5. The fourth-order valence-corrected chi connectivity index (χ4v) is 14.5. The van der Waals surface area contributed by atoms with Crippen molar-refractivity contribution in [3.63, 3.8) is 0 Å². The third-order valence-electron chi connectivity index (χ3n) is 22.2. The molecule has 0 atom stereocenters. The first kappa shape index (κ1) is 119. The maximum absolute atomic E-state index is 13.2. The summed E-state index contributed by atoms with van der Waals surface area (Å²) in [6, 6.07) is 49.2. The molecule has 0 aliphatic rings. The zero-order valence-electron chi connectivity index (χ0n) is 84.6. The standard InChI is InChI=1S/C19H22FN3O3S.C18H22FN3O2S.C18H20FN3O.C17H20BFN2O2.C17H20FN3O2S.C17H19FN2O3S/c1-13(2)23(3)17-11-14(5-10-18(24)22-27(4,25)26)12-21-19(17)15-6-8-16(20)9-7-15;1-13(2)22(4)17-11-14(9-10-25(23,24)20-3)12-21-18(17)15-5-7-16(19)8-6-15;1-12(2)22(3)16-10-13(4-9-17(20)23)11-21-18(16)14-5-7-15(19)8-6-14;1-12(2)21(3)16-10-13(8-9-18(22)23)11-20-17(16)14-4-6-15(19)7-5-14;1-12(2)21(3)16-10-13(8-9-24(19,22)23)11-20-17(16)14-4-6-15(18)7-5-14;1-12(2)20(3)16-10-13(8-9-24(21,22)23)11-19-17(16)14-4-6-15(18)7-5-14/h5-13H,1-4H3,(H,22,24);5-13,20H,1-4H3;4-12H,1-3H3,(H2,20,23);4-12,22-23H,1-3H3;4-12H,1-3H3,(H2,19,22,23);4-12H,1-3H3,(H,21,22,23)/b10-5+;10-9+;9-4+;3*9-8+. The van der Waals surface area contributed by atoms with Crippen LogP contribution in [0.3, 0.4) is 0 Å². The molecule has 0 saturated heterocycles. The number of aromatic nitrogens is 6. The number of carbonyl (C=O) groups excluding carboxylic acids is 2. The minimum atomic E-state index is -4.20. The van der Waals surface area contributed by atoms with Gasteiger partial charge in [-0.25, -0.2) is 66.2 Å². The fraction of sp³-hybridized carbons (Fsp3) is 0.245. The Bertz CT molecular complexity index is 6960. The van der Waals surface area contributed by atoms with E-state index in [1.165, 1.54) is 122 Å². The molecule has 12 aromatic rings. The van der Waals surface area contributed by atoms with Gasteiger partial charge in [0, 0.05) is 172 Å². The molecule has 0 radical (unpaired) electrons. The smallest absolute Gasteiger partial charge is 0.424 e. The lowest BCUT2D eigenvalue weighted by Gasteiger charge is -2.26. The molecule has 0 spiro atoms. The fourth-order valence-electron chi connectivity index (χ4n) is 13.0. The number of pyridine rings is 6. The van der Waals surface area contributed by atoms with Crippen molar-refractivity contribution in [1.82, 2.24) is 39.3 Å². The molecular weight excluding hydrogens is 1960 g/mol. The van der Waals surface area contributed by atoms with Crippen LogP contribution in [0.2, 0.25) is 0 Å². The molecule has 6 heterocycles. The topological polar surface area (TPSA) is 404 Å². The summed E-state index contributed by atoms with van der Waals surface area (Å²) in [6.45, 7) is 24.5. The van der Waals surface area contributed by atoms with Crippen molar-refractivity contribution in [2.45, 2.75) is 119 Å². The Balaban J connectivity index is 0.000000238. The van der Waals surface area contributed by atoms with Crippen molar-refractivity contribution >= 4 is 130 Å². The van der Waals surface area contributed by atoms with Crippen LogP contribution < -0.4 is 49.7 Å². The van der Waals surface area contributed by atoms with Crippen LogP contribution in [0.25, 0.3) is 104 Å². The lowest BCUT2D eigenvalue weighted by atomic mass is 9.91. The third kappa shape index (κ3) is 38.3. The van der Waals surface area contributed by atoms with Gasteiger partial charge in [-0.15, -0.1) is 0 Å². The maximum atomic E-state index is 13.2. The predicted octanol–water partition coefficient (Wildman–Crippen LogP) is 18.6. The average molecular weight is 2080 g/mol. The van der Waals surface area contributed by atoms with Gasteiger partial charge in [-0.1, -0.05) is 12.1 Å². The first-order valence-electron chi connectivity index (χ1n) is 45.5.